The van der Waals surface area contributed by atoms with Crippen LogP contribution in [0.5, 0.6) is 0 Å². The Morgan fingerprint density at radius 3 is 2.63 bits per heavy atom. The van der Waals surface area contributed by atoms with Gasteiger partial charge in [0.25, 0.3) is 0 Å². The van der Waals surface area contributed by atoms with Gasteiger partial charge in [0.2, 0.25) is 0 Å². The summed E-state index contributed by atoms with van der Waals surface area (Å²) in [6.07, 6.45) is 3.01. The molecule has 6 nitrogen and oxygen atoms in total. The SMILES string of the molecule is Cc1onc(CN=O)c1-c1cc2c(c3c1CCC3)NC(C)(C)C(=O)C2(C)C. The maximum absolute atomic E-state index is 13.1. The van der Waals surface area contributed by atoms with E-state index in [1.807, 2.05) is 34.6 Å². The maximum atomic E-state index is 13.1. The summed E-state index contributed by atoms with van der Waals surface area (Å²) in [6.45, 7) is 9.73. The lowest BCUT2D eigenvalue weighted by Crippen LogP contribution is -2.53. The molecule has 0 spiro atoms. The average molecular weight is 367 g/mol. The molecule has 0 fully saturated rings. The number of nitrogens with one attached hydrogen (secondary N) is 1. The number of aryl methyl sites for hydroxylation is 1. The van der Waals surface area contributed by atoms with Crippen molar-refractivity contribution in [1.82, 2.24) is 5.16 Å². The van der Waals surface area contributed by atoms with Crippen molar-refractivity contribution in [3.05, 3.63) is 39.1 Å². The summed E-state index contributed by atoms with van der Waals surface area (Å²) in [5.41, 5.74) is 5.88. The zero-order valence-electron chi connectivity index (χ0n) is 16.5. The van der Waals surface area contributed by atoms with Gasteiger partial charge in [-0.25, -0.2) is 0 Å². The second kappa shape index (κ2) is 5.75. The molecule has 1 aliphatic heterocycles. The predicted octanol–water partition coefficient (Wildman–Crippen LogP) is 4.46. The van der Waals surface area contributed by atoms with Gasteiger partial charge in [-0.15, -0.1) is 0 Å². The summed E-state index contributed by atoms with van der Waals surface area (Å²) >= 11 is 0. The van der Waals surface area contributed by atoms with E-state index in [9.17, 15) is 9.70 Å². The molecule has 4 rings (SSSR count). The molecule has 0 radical (unpaired) electrons. The van der Waals surface area contributed by atoms with Crippen molar-refractivity contribution in [3.63, 3.8) is 0 Å². The summed E-state index contributed by atoms with van der Waals surface area (Å²) in [4.78, 5) is 24.0. The third kappa shape index (κ3) is 2.46. The van der Waals surface area contributed by atoms with E-state index in [0.29, 0.717) is 11.5 Å². The van der Waals surface area contributed by atoms with Crippen LogP contribution in [0.3, 0.4) is 0 Å². The van der Waals surface area contributed by atoms with E-state index in [2.05, 4.69) is 21.7 Å². The van der Waals surface area contributed by atoms with Crippen molar-refractivity contribution in [3.8, 4) is 11.1 Å². The number of hydrogen-bond acceptors (Lipinski definition) is 6. The first-order valence-corrected chi connectivity index (χ1v) is 9.45. The normalized spacial score (nSPS) is 19.4. The Kier molecular flexibility index (Phi) is 3.81. The van der Waals surface area contributed by atoms with E-state index in [0.717, 1.165) is 41.6 Å². The van der Waals surface area contributed by atoms with Crippen molar-refractivity contribution < 1.29 is 9.32 Å². The third-order valence-electron chi connectivity index (χ3n) is 6.07. The maximum Gasteiger partial charge on any atom is 0.167 e. The van der Waals surface area contributed by atoms with Crippen molar-refractivity contribution in [1.29, 1.82) is 0 Å². The molecule has 1 aliphatic carbocycles. The molecular formula is C21H25N3O3. The van der Waals surface area contributed by atoms with Crippen LogP contribution in [0.15, 0.2) is 15.8 Å². The van der Waals surface area contributed by atoms with E-state index in [4.69, 9.17) is 4.52 Å². The summed E-state index contributed by atoms with van der Waals surface area (Å²) in [7, 11) is 0. The van der Waals surface area contributed by atoms with Gasteiger partial charge in [0.15, 0.2) is 5.78 Å². The molecule has 0 atom stereocenters. The van der Waals surface area contributed by atoms with Crippen LogP contribution in [0.2, 0.25) is 0 Å². The first-order valence-electron chi connectivity index (χ1n) is 9.45. The number of aromatic nitrogens is 1. The van der Waals surface area contributed by atoms with Gasteiger partial charge >= 0.3 is 0 Å². The van der Waals surface area contributed by atoms with E-state index in [1.54, 1.807) is 0 Å². The quantitative estimate of drug-likeness (QED) is 0.810. The lowest BCUT2D eigenvalue weighted by molar-refractivity contribution is -0.127. The van der Waals surface area contributed by atoms with Gasteiger partial charge < -0.3 is 9.84 Å². The molecule has 2 heterocycles. The van der Waals surface area contributed by atoms with Gasteiger partial charge in [-0.1, -0.05) is 10.3 Å². The standard InChI is InChI=1S/C21H25N3O3/c1-11-17(16(10-22-26)24-27-11)14-9-15-18(13-8-6-7-12(13)14)23-21(4,5)19(25)20(15,2)3/h9,23H,6-8,10H2,1-5H3. The molecule has 1 N–H and O–H groups in total. The van der Waals surface area contributed by atoms with Gasteiger partial charge in [0.05, 0.1) is 11.0 Å². The first-order chi connectivity index (χ1) is 12.7. The number of carbonyl (C=O) groups is 1. The fourth-order valence-corrected chi connectivity index (χ4v) is 4.85. The van der Waals surface area contributed by atoms with Crippen LogP contribution in [-0.2, 0) is 29.6 Å². The fourth-order valence-electron chi connectivity index (χ4n) is 4.85. The van der Waals surface area contributed by atoms with Crippen molar-refractivity contribution >= 4 is 11.5 Å². The van der Waals surface area contributed by atoms with E-state index >= 15 is 0 Å². The highest BCUT2D eigenvalue weighted by Gasteiger charge is 2.47. The van der Waals surface area contributed by atoms with Crippen molar-refractivity contribution in [2.75, 3.05) is 5.32 Å². The van der Waals surface area contributed by atoms with Gasteiger partial charge in [0, 0.05) is 11.3 Å². The van der Waals surface area contributed by atoms with Crippen LogP contribution in [0.4, 0.5) is 5.69 Å². The summed E-state index contributed by atoms with van der Waals surface area (Å²) < 4.78 is 5.38. The molecule has 0 bridgehead atoms. The Morgan fingerprint density at radius 1 is 1.22 bits per heavy atom. The second-order valence-corrected chi connectivity index (χ2v) is 8.71. The summed E-state index contributed by atoms with van der Waals surface area (Å²) in [6, 6.07) is 2.10. The van der Waals surface area contributed by atoms with Gasteiger partial charge in [-0.3, -0.25) is 4.79 Å². The van der Waals surface area contributed by atoms with E-state index < -0.39 is 11.0 Å². The zero-order chi connectivity index (χ0) is 19.6. The van der Waals surface area contributed by atoms with Crippen LogP contribution in [0.25, 0.3) is 11.1 Å². The molecule has 2 aliphatic rings. The molecule has 0 saturated heterocycles. The number of ketones is 1. The number of hydrogen-bond donors (Lipinski definition) is 1. The second-order valence-electron chi connectivity index (χ2n) is 8.71. The lowest BCUT2D eigenvalue weighted by Gasteiger charge is -2.43. The van der Waals surface area contributed by atoms with Gasteiger partial charge in [0.1, 0.15) is 18.0 Å². The van der Waals surface area contributed by atoms with Crippen LogP contribution < -0.4 is 5.32 Å². The number of fused-ring (bicyclic) bond motifs is 3. The number of carbonyl (C=O) groups excluding carboxylic acids is 1. The zero-order valence-corrected chi connectivity index (χ0v) is 16.5. The summed E-state index contributed by atoms with van der Waals surface area (Å²) in [5.74, 6) is 0.846. The Hall–Kier alpha value is -2.50. The Labute approximate surface area is 158 Å². The largest absolute Gasteiger partial charge is 0.373 e. The molecule has 0 unspecified atom stereocenters. The van der Waals surface area contributed by atoms with Gasteiger partial charge in [-0.05, 0) is 82.2 Å². The molecular weight excluding hydrogens is 342 g/mol. The minimum absolute atomic E-state index is 0.0217. The lowest BCUT2D eigenvalue weighted by atomic mass is 9.68. The monoisotopic (exact) mass is 367 g/mol. The fraction of sp³-hybridized carbons (Fsp3) is 0.524. The van der Waals surface area contributed by atoms with Gasteiger partial charge in [-0.2, -0.15) is 4.91 Å². The number of benzene rings is 1. The molecule has 27 heavy (non-hydrogen) atoms. The number of Topliss-reactive ketones (excluding diaryl/α,β-unsaturated/α-hetero) is 1. The number of nitrogens with zero attached hydrogens (tertiary/aromatic N) is 2. The van der Waals surface area contributed by atoms with Crippen molar-refractivity contribution in [2.24, 2.45) is 5.18 Å². The Balaban J connectivity index is 2.03. The summed E-state index contributed by atoms with van der Waals surface area (Å²) in [5, 5.41) is 10.6. The highest BCUT2D eigenvalue weighted by atomic mass is 16.5. The molecule has 6 heteroatoms. The molecule has 142 valence electrons. The third-order valence-corrected chi connectivity index (χ3v) is 6.07. The Bertz CT molecular complexity index is 970. The molecule has 1 aromatic carbocycles. The van der Waals surface area contributed by atoms with Crippen LogP contribution in [0, 0.1) is 11.8 Å². The van der Waals surface area contributed by atoms with Crippen LogP contribution in [0.1, 0.15) is 62.3 Å². The minimum atomic E-state index is -0.607. The van der Waals surface area contributed by atoms with Crippen LogP contribution >= 0.6 is 0 Å². The molecule has 0 saturated carbocycles. The Morgan fingerprint density at radius 2 is 1.93 bits per heavy atom. The van der Waals surface area contributed by atoms with E-state index in [1.165, 1.54) is 11.1 Å². The molecule has 1 aromatic heterocycles. The van der Waals surface area contributed by atoms with Crippen LogP contribution in [-0.4, -0.2) is 16.5 Å². The predicted molar refractivity (Wildman–Crippen MR) is 104 cm³/mol. The highest BCUT2D eigenvalue weighted by molar-refractivity contribution is 6.04. The van der Waals surface area contributed by atoms with Crippen molar-refractivity contribution in [2.45, 2.75) is 71.4 Å². The first kappa shape index (κ1) is 17.9. The van der Waals surface area contributed by atoms with E-state index in [-0.39, 0.29) is 12.3 Å². The molecule has 2 aromatic rings. The topological polar surface area (TPSA) is 84.6 Å². The smallest absolute Gasteiger partial charge is 0.167 e. The number of rotatable bonds is 3. The average Bonchev–Trinajstić information content (AvgIpc) is 3.21. The number of anilines is 1. The molecule has 0 amide bonds. The number of nitroso groups, excluding NO2 is 1. The minimum Gasteiger partial charge on any atom is -0.373 e. The highest BCUT2D eigenvalue weighted by Crippen LogP contribution is 2.49.